The summed E-state index contributed by atoms with van der Waals surface area (Å²) in [5, 5.41) is 0.603. The highest BCUT2D eigenvalue weighted by Crippen LogP contribution is 2.18. The van der Waals surface area contributed by atoms with E-state index in [0.29, 0.717) is 48.0 Å². The van der Waals surface area contributed by atoms with E-state index in [2.05, 4.69) is 0 Å². The summed E-state index contributed by atoms with van der Waals surface area (Å²) < 4.78 is 0. The molecule has 2 aromatic rings. The van der Waals surface area contributed by atoms with Crippen molar-refractivity contribution in [1.29, 1.82) is 0 Å². The highest BCUT2D eigenvalue weighted by Gasteiger charge is 2.24. The first kappa shape index (κ1) is 18.3. The maximum Gasteiger partial charge on any atom is 0.254 e. The standard InChI is InChI=1S/C20H22ClN3O2/c1-14-3-8-17(22)13-18(14)20(26)24-10-2-9-23(11-12-24)19(25)15-4-6-16(21)7-5-15/h3-8,13H,2,9-12,22H2,1H3. The Balaban J connectivity index is 1.70. The summed E-state index contributed by atoms with van der Waals surface area (Å²) in [4.78, 5) is 29.1. The molecular formula is C20H22ClN3O2. The number of halogens is 1. The summed E-state index contributed by atoms with van der Waals surface area (Å²) in [7, 11) is 0. The van der Waals surface area contributed by atoms with E-state index in [4.69, 9.17) is 17.3 Å². The Bertz CT molecular complexity index is 820. The van der Waals surface area contributed by atoms with Gasteiger partial charge in [0.1, 0.15) is 0 Å². The van der Waals surface area contributed by atoms with Gasteiger partial charge in [-0.1, -0.05) is 17.7 Å². The van der Waals surface area contributed by atoms with Gasteiger partial charge in [-0.05, 0) is 55.3 Å². The number of aryl methyl sites for hydroxylation is 1. The molecule has 1 fully saturated rings. The third-order valence-electron chi connectivity index (χ3n) is 4.65. The van der Waals surface area contributed by atoms with E-state index in [1.165, 1.54) is 0 Å². The molecule has 6 heteroatoms. The summed E-state index contributed by atoms with van der Waals surface area (Å²) in [6, 6.07) is 12.3. The number of nitrogens with zero attached hydrogens (tertiary/aromatic N) is 2. The van der Waals surface area contributed by atoms with Crippen molar-refractivity contribution in [3.05, 3.63) is 64.2 Å². The minimum absolute atomic E-state index is 0.0314. The summed E-state index contributed by atoms with van der Waals surface area (Å²) in [6.07, 6.45) is 0.742. The minimum Gasteiger partial charge on any atom is -0.399 e. The van der Waals surface area contributed by atoms with Crippen LogP contribution in [0.4, 0.5) is 5.69 Å². The molecule has 26 heavy (non-hydrogen) atoms. The zero-order valence-corrected chi connectivity index (χ0v) is 15.5. The van der Waals surface area contributed by atoms with Crippen molar-refractivity contribution in [2.45, 2.75) is 13.3 Å². The molecule has 1 aliphatic heterocycles. The number of carbonyl (C=O) groups excluding carboxylic acids is 2. The second-order valence-electron chi connectivity index (χ2n) is 6.52. The Kier molecular flexibility index (Phi) is 5.47. The molecule has 2 aromatic carbocycles. The van der Waals surface area contributed by atoms with Gasteiger partial charge in [0.25, 0.3) is 11.8 Å². The maximum atomic E-state index is 12.9. The van der Waals surface area contributed by atoms with Gasteiger partial charge in [0.15, 0.2) is 0 Å². The third-order valence-corrected chi connectivity index (χ3v) is 4.91. The number of rotatable bonds is 2. The smallest absolute Gasteiger partial charge is 0.254 e. The van der Waals surface area contributed by atoms with E-state index >= 15 is 0 Å². The zero-order valence-electron chi connectivity index (χ0n) is 14.7. The topological polar surface area (TPSA) is 66.6 Å². The Labute approximate surface area is 158 Å². The predicted octanol–water partition coefficient (Wildman–Crippen LogP) is 3.22. The maximum absolute atomic E-state index is 12.9. The Morgan fingerprint density at radius 2 is 1.54 bits per heavy atom. The van der Waals surface area contributed by atoms with Gasteiger partial charge in [0.05, 0.1) is 0 Å². The van der Waals surface area contributed by atoms with Gasteiger partial charge in [-0.25, -0.2) is 0 Å². The molecule has 1 saturated heterocycles. The number of nitrogens with two attached hydrogens (primary N) is 1. The minimum atomic E-state index is -0.0319. The molecule has 2 N–H and O–H groups in total. The van der Waals surface area contributed by atoms with Crippen LogP contribution in [0.15, 0.2) is 42.5 Å². The van der Waals surface area contributed by atoms with Crippen LogP contribution in [0.5, 0.6) is 0 Å². The molecule has 2 amide bonds. The average molecular weight is 372 g/mol. The fraction of sp³-hybridized carbons (Fsp3) is 0.300. The van der Waals surface area contributed by atoms with Crippen LogP contribution in [0.2, 0.25) is 5.02 Å². The van der Waals surface area contributed by atoms with Crippen molar-refractivity contribution in [1.82, 2.24) is 9.80 Å². The normalized spacial score (nSPS) is 14.8. The van der Waals surface area contributed by atoms with Gasteiger partial charge >= 0.3 is 0 Å². The van der Waals surface area contributed by atoms with Crippen molar-refractivity contribution in [3.63, 3.8) is 0 Å². The van der Waals surface area contributed by atoms with Crippen LogP contribution < -0.4 is 5.73 Å². The second kappa shape index (κ2) is 7.79. The summed E-state index contributed by atoms with van der Waals surface area (Å²) >= 11 is 5.89. The first-order valence-electron chi connectivity index (χ1n) is 8.66. The third kappa shape index (κ3) is 3.99. The van der Waals surface area contributed by atoms with E-state index in [1.54, 1.807) is 46.2 Å². The number of carbonyl (C=O) groups is 2. The Morgan fingerprint density at radius 3 is 2.19 bits per heavy atom. The zero-order chi connectivity index (χ0) is 18.7. The first-order valence-corrected chi connectivity index (χ1v) is 9.04. The molecule has 0 aliphatic carbocycles. The fourth-order valence-corrected chi connectivity index (χ4v) is 3.27. The van der Waals surface area contributed by atoms with E-state index in [1.807, 2.05) is 13.0 Å². The van der Waals surface area contributed by atoms with E-state index in [-0.39, 0.29) is 11.8 Å². The largest absolute Gasteiger partial charge is 0.399 e. The summed E-state index contributed by atoms with van der Waals surface area (Å²) in [5.41, 5.74) is 8.55. The first-order chi connectivity index (χ1) is 12.5. The Hall–Kier alpha value is -2.53. The molecule has 0 unspecified atom stereocenters. The monoisotopic (exact) mass is 371 g/mol. The van der Waals surface area contributed by atoms with Crippen molar-refractivity contribution in [2.75, 3.05) is 31.9 Å². The number of amides is 2. The predicted molar refractivity (Wildman–Crippen MR) is 103 cm³/mol. The van der Waals surface area contributed by atoms with Crippen LogP contribution in [0.25, 0.3) is 0 Å². The van der Waals surface area contributed by atoms with Crippen molar-refractivity contribution in [3.8, 4) is 0 Å². The van der Waals surface area contributed by atoms with Gasteiger partial charge in [-0.15, -0.1) is 0 Å². The molecule has 1 heterocycles. The lowest BCUT2D eigenvalue weighted by atomic mass is 10.1. The molecule has 0 aromatic heterocycles. The van der Waals surface area contributed by atoms with Crippen molar-refractivity contribution < 1.29 is 9.59 Å². The molecule has 0 spiro atoms. The molecule has 0 radical (unpaired) electrons. The van der Waals surface area contributed by atoms with Crippen molar-refractivity contribution in [2.24, 2.45) is 0 Å². The molecule has 0 atom stereocenters. The van der Waals surface area contributed by atoms with E-state index < -0.39 is 0 Å². The van der Waals surface area contributed by atoms with Gasteiger partial charge in [-0.3, -0.25) is 9.59 Å². The molecule has 136 valence electrons. The summed E-state index contributed by atoms with van der Waals surface area (Å²) in [6.45, 7) is 4.17. The fourth-order valence-electron chi connectivity index (χ4n) is 3.14. The number of anilines is 1. The van der Waals surface area contributed by atoms with E-state index in [0.717, 1.165) is 12.0 Å². The summed E-state index contributed by atoms with van der Waals surface area (Å²) in [5.74, 6) is -0.0632. The number of nitrogen functional groups attached to an aromatic ring is 1. The lowest BCUT2D eigenvalue weighted by molar-refractivity contribution is 0.0718. The molecule has 5 nitrogen and oxygen atoms in total. The van der Waals surface area contributed by atoms with Crippen molar-refractivity contribution >= 4 is 29.1 Å². The average Bonchev–Trinajstić information content (AvgIpc) is 2.89. The van der Waals surface area contributed by atoms with Gasteiger partial charge in [0.2, 0.25) is 0 Å². The molecule has 0 bridgehead atoms. The van der Waals surface area contributed by atoms with Gasteiger partial charge < -0.3 is 15.5 Å². The van der Waals surface area contributed by atoms with Gasteiger partial charge in [0, 0.05) is 48.0 Å². The number of benzene rings is 2. The van der Waals surface area contributed by atoms with Crippen LogP contribution in [-0.2, 0) is 0 Å². The Morgan fingerprint density at radius 1 is 0.923 bits per heavy atom. The van der Waals surface area contributed by atoms with Crippen LogP contribution >= 0.6 is 11.6 Å². The lowest BCUT2D eigenvalue weighted by Crippen LogP contribution is -2.37. The second-order valence-corrected chi connectivity index (χ2v) is 6.96. The molecular weight excluding hydrogens is 350 g/mol. The van der Waals surface area contributed by atoms with E-state index in [9.17, 15) is 9.59 Å². The van der Waals surface area contributed by atoms with Gasteiger partial charge in [-0.2, -0.15) is 0 Å². The van der Waals surface area contributed by atoms with Crippen LogP contribution in [0.1, 0.15) is 32.7 Å². The highest BCUT2D eigenvalue weighted by atomic mass is 35.5. The molecule has 3 rings (SSSR count). The number of hydrogen-bond acceptors (Lipinski definition) is 3. The molecule has 1 aliphatic rings. The SMILES string of the molecule is Cc1ccc(N)cc1C(=O)N1CCCN(C(=O)c2ccc(Cl)cc2)CC1. The highest BCUT2D eigenvalue weighted by molar-refractivity contribution is 6.30. The quantitative estimate of drug-likeness (QED) is 0.824. The van der Waals surface area contributed by atoms with Crippen LogP contribution in [-0.4, -0.2) is 47.8 Å². The lowest BCUT2D eigenvalue weighted by Gasteiger charge is -2.23. The van der Waals surface area contributed by atoms with Crippen LogP contribution in [0, 0.1) is 6.92 Å². The molecule has 0 saturated carbocycles. The van der Waals surface area contributed by atoms with Crippen LogP contribution in [0.3, 0.4) is 0 Å². The number of hydrogen-bond donors (Lipinski definition) is 1.